The molecule has 0 aromatic heterocycles. The fraction of sp³-hybridized carbons (Fsp3) is 0.429. The van der Waals surface area contributed by atoms with Crippen LogP contribution in [0.5, 0.6) is 0 Å². The number of nitrogens with zero attached hydrogens (tertiary/aromatic N) is 1. The lowest BCUT2D eigenvalue weighted by Crippen LogP contribution is -3.00. The number of benzene rings is 1. The number of likely N-dealkylation sites (N-methyl/N-ethyl adjacent to an activating group) is 1. The molecule has 0 atom stereocenters. The smallest absolute Gasteiger partial charge is 0.105 e. The summed E-state index contributed by atoms with van der Waals surface area (Å²) in [6.45, 7) is 12.9. The molecule has 0 amide bonds. The van der Waals surface area contributed by atoms with Gasteiger partial charge in [-0.2, -0.15) is 0 Å². The zero-order valence-corrected chi connectivity index (χ0v) is 12.5. The molecule has 0 unspecified atom stereocenters. The van der Waals surface area contributed by atoms with E-state index in [1.54, 1.807) is 0 Å². The third-order valence-electron chi connectivity index (χ3n) is 3.22. The fourth-order valence-electron chi connectivity index (χ4n) is 2.01. The van der Waals surface area contributed by atoms with Crippen LogP contribution >= 0.6 is 0 Å². The molecule has 0 aliphatic heterocycles. The van der Waals surface area contributed by atoms with Crippen LogP contribution in [0.4, 0.5) is 0 Å². The number of rotatable bonds is 6. The summed E-state index contributed by atoms with van der Waals surface area (Å²) in [5.74, 6) is 0. The topological polar surface area (TPSA) is 0 Å². The highest BCUT2D eigenvalue weighted by molar-refractivity contribution is 5.13. The minimum atomic E-state index is 0. The molecule has 0 aliphatic rings. The molecule has 1 rings (SSSR count). The van der Waals surface area contributed by atoms with Gasteiger partial charge in [-0.25, -0.2) is 0 Å². The van der Waals surface area contributed by atoms with Gasteiger partial charge in [-0.05, 0) is 19.9 Å². The molecular weight excluding hydrogens is 309 g/mol. The predicted molar refractivity (Wildman–Crippen MR) is 66.6 cm³/mol. The van der Waals surface area contributed by atoms with E-state index < -0.39 is 0 Å². The summed E-state index contributed by atoms with van der Waals surface area (Å²) in [7, 11) is 0. The predicted octanol–water partition coefficient (Wildman–Crippen LogP) is 0.233. The van der Waals surface area contributed by atoms with Gasteiger partial charge in [0.15, 0.2) is 0 Å². The standard InChI is InChI=1S/C14H22N.HI/c1-4-12-15(5-2,6-3)13-14-10-8-7-9-11-14;/h4,7-11H,1,5-6,12-13H2,2-3H3;1H/q+1;/p-1. The SMILES string of the molecule is C=CC[N+](CC)(CC)Cc1ccccc1.[I-]. The maximum Gasteiger partial charge on any atom is 0.105 e. The Bertz CT molecular complexity index is 291. The lowest BCUT2D eigenvalue weighted by molar-refractivity contribution is -0.932. The number of hydrogen-bond acceptors (Lipinski definition) is 0. The molecule has 0 saturated heterocycles. The Morgan fingerprint density at radius 3 is 2.12 bits per heavy atom. The molecule has 0 aliphatic carbocycles. The molecule has 0 heterocycles. The van der Waals surface area contributed by atoms with Gasteiger partial charge in [-0.1, -0.05) is 36.9 Å². The fourth-order valence-corrected chi connectivity index (χ4v) is 2.01. The summed E-state index contributed by atoms with van der Waals surface area (Å²) < 4.78 is 1.10. The Morgan fingerprint density at radius 1 is 1.12 bits per heavy atom. The summed E-state index contributed by atoms with van der Waals surface area (Å²) in [4.78, 5) is 0. The molecule has 0 radical (unpaired) electrons. The van der Waals surface area contributed by atoms with Crippen LogP contribution in [-0.2, 0) is 6.54 Å². The van der Waals surface area contributed by atoms with Crippen molar-refractivity contribution in [1.29, 1.82) is 0 Å². The number of halogens is 1. The summed E-state index contributed by atoms with van der Waals surface area (Å²) >= 11 is 0. The van der Waals surface area contributed by atoms with Crippen LogP contribution in [0.2, 0.25) is 0 Å². The first kappa shape index (κ1) is 15.7. The molecule has 0 N–H and O–H groups in total. The van der Waals surface area contributed by atoms with Crippen molar-refractivity contribution in [2.24, 2.45) is 0 Å². The second-order valence-corrected chi connectivity index (χ2v) is 4.09. The van der Waals surface area contributed by atoms with Crippen molar-refractivity contribution >= 4 is 0 Å². The first-order chi connectivity index (χ1) is 7.26. The van der Waals surface area contributed by atoms with Crippen molar-refractivity contribution in [2.45, 2.75) is 20.4 Å². The monoisotopic (exact) mass is 331 g/mol. The van der Waals surface area contributed by atoms with Gasteiger partial charge in [0.2, 0.25) is 0 Å². The van der Waals surface area contributed by atoms with Gasteiger partial charge in [-0.15, -0.1) is 0 Å². The molecule has 0 bridgehead atoms. The van der Waals surface area contributed by atoms with E-state index in [1.807, 2.05) is 6.08 Å². The largest absolute Gasteiger partial charge is 1.00 e. The van der Waals surface area contributed by atoms with Crippen LogP contribution in [0.25, 0.3) is 0 Å². The first-order valence-corrected chi connectivity index (χ1v) is 5.76. The van der Waals surface area contributed by atoms with Crippen molar-refractivity contribution in [3.63, 3.8) is 0 Å². The van der Waals surface area contributed by atoms with Gasteiger partial charge >= 0.3 is 0 Å². The highest BCUT2D eigenvalue weighted by Crippen LogP contribution is 2.14. The number of hydrogen-bond donors (Lipinski definition) is 0. The molecule has 1 aromatic carbocycles. The zero-order chi connectivity index (χ0) is 11.1. The second-order valence-electron chi connectivity index (χ2n) is 4.09. The maximum absolute atomic E-state index is 3.87. The zero-order valence-electron chi connectivity index (χ0n) is 10.3. The van der Waals surface area contributed by atoms with Gasteiger partial charge in [0.05, 0.1) is 19.6 Å². The van der Waals surface area contributed by atoms with Crippen molar-refractivity contribution in [2.75, 3.05) is 19.6 Å². The van der Waals surface area contributed by atoms with E-state index in [0.717, 1.165) is 30.7 Å². The van der Waals surface area contributed by atoms with E-state index in [-0.39, 0.29) is 24.0 Å². The lowest BCUT2D eigenvalue weighted by atomic mass is 10.1. The van der Waals surface area contributed by atoms with Crippen LogP contribution in [0.3, 0.4) is 0 Å². The highest BCUT2D eigenvalue weighted by atomic mass is 127. The van der Waals surface area contributed by atoms with Crippen molar-refractivity contribution in [3.05, 3.63) is 48.6 Å². The highest BCUT2D eigenvalue weighted by Gasteiger charge is 2.21. The minimum absolute atomic E-state index is 0. The van der Waals surface area contributed by atoms with Crippen LogP contribution in [0.1, 0.15) is 19.4 Å². The average molecular weight is 331 g/mol. The molecule has 1 aromatic rings. The Balaban J connectivity index is 0.00000225. The quantitative estimate of drug-likeness (QED) is 0.398. The molecule has 0 spiro atoms. The molecule has 0 saturated carbocycles. The third kappa shape index (κ3) is 4.26. The van der Waals surface area contributed by atoms with Gasteiger partial charge in [0.25, 0.3) is 0 Å². The third-order valence-corrected chi connectivity index (χ3v) is 3.22. The molecule has 90 valence electrons. The van der Waals surface area contributed by atoms with Crippen molar-refractivity contribution in [1.82, 2.24) is 0 Å². The average Bonchev–Trinajstić information content (AvgIpc) is 2.30. The van der Waals surface area contributed by atoms with Crippen LogP contribution in [0.15, 0.2) is 43.0 Å². The second kappa shape index (κ2) is 7.85. The summed E-state index contributed by atoms with van der Waals surface area (Å²) in [6.07, 6.45) is 2.04. The molecule has 1 nitrogen and oxygen atoms in total. The van der Waals surface area contributed by atoms with E-state index >= 15 is 0 Å². The minimum Gasteiger partial charge on any atom is -1.00 e. The summed E-state index contributed by atoms with van der Waals surface area (Å²) in [5.41, 5.74) is 1.42. The van der Waals surface area contributed by atoms with Gasteiger partial charge < -0.3 is 28.5 Å². The molecule has 16 heavy (non-hydrogen) atoms. The van der Waals surface area contributed by atoms with Crippen LogP contribution in [0, 0.1) is 0 Å². The summed E-state index contributed by atoms with van der Waals surface area (Å²) in [5, 5.41) is 0. The van der Waals surface area contributed by atoms with E-state index in [2.05, 4.69) is 50.8 Å². The summed E-state index contributed by atoms with van der Waals surface area (Å²) in [6, 6.07) is 10.7. The van der Waals surface area contributed by atoms with E-state index in [1.165, 1.54) is 5.56 Å². The van der Waals surface area contributed by atoms with Gasteiger partial charge in [-0.3, -0.25) is 0 Å². The van der Waals surface area contributed by atoms with E-state index in [4.69, 9.17) is 0 Å². The molecular formula is C14H22IN. The Kier molecular flexibility index (Phi) is 7.68. The Hall–Kier alpha value is -0.350. The Morgan fingerprint density at radius 2 is 1.69 bits per heavy atom. The van der Waals surface area contributed by atoms with E-state index in [9.17, 15) is 0 Å². The van der Waals surface area contributed by atoms with Gasteiger partial charge in [0, 0.05) is 5.56 Å². The lowest BCUT2D eigenvalue weighted by Gasteiger charge is -2.36. The molecule has 2 heteroatoms. The first-order valence-electron chi connectivity index (χ1n) is 5.76. The maximum atomic E-state index is 3.87. The molecule has 0 fully saturated rings. The number of quaternary nitrogens is 1. The van der Waals surface area contributed by atoms with Gasteiger partial charge in [0.1, 0.15) is 6.54 Å². The van der Waals surface area contributed by atoms with Crippen molar-refractivity contribution < 1.29 is 28.5 Å². The van der Waals surface area contributed by atoms with Crippen LogP contribution < -0.4 is 24.0 Å². The van der Waals surface area contributed by atoms with Crippen molar-refractivity contribution in [3.8, 4) is 0 Å². The normalized spacial score (nSPS) is 10.6. The Labute approximate surface area is 117 Å². The van der Waals surface area contributed by atoms with Crippen LogP contribution in [-0.4, -0.2) is 24.1 Å². The van der Waals surface area contributed by atoms with E-state index in [0.29, 0.717) is 0 Å².